The Morgan fingerprint density at radius 3 is 2.58 bits per heavy atom. The molecule has 1 aliphatic carbocycles. The molecule has 0 bridgehead atoms. The molecule has 0 radical (unpaired) electrons. The Morgan fingerprint density at radius 1 is 1.15 bits per heavy atom. The molecular formula is C20H25N3O3. The van der Waals surface area contributed by atoms with Crippen LogP contribution in [0.25, 0.3) is 11.3 Å². The molecule has 0 aliphatic heterocycles. The number of ether oxygens (including phenoxy) is 1. The predicted molar refractivity (Wildman–Crippen MR) is 100 cm³/mol. The molecule has 1 aliphatic rings. The summed E-state index contributed by atoms with van der Waals surface area (Å²) in [5, 5.41) is 7.37. The second-order valence-corrected chi connectivity index (χ2v) is 6.57. The Morgan fingerprint density at radius 2 is 1.88 bits per heavy atom. The molecule has 1 N–H and O–H groups in total. The van der Waals surface area contributed by atoms with Crippen molar-refractivity contribution >= 4 is 5.91 Å². The third kappa shape index (κ3) is 4.71. The first-order valence-electron chi connectivity index (χ1n) is 9.26. The summed E-state index contributed by atoms with van der Waals surface area (Å²) in [7, 11) is 0. The molecule has 0 spiro atoms. The number of benzene rings is 1. The van der Waals surface area contributed by atoms with E-state index in [4.69, 9.17) is 4.74 Å². The van der Waals surface area contributed by atoms with Gasteiger partial charge in [0.2, 0.25) is 5.91 Å². The Bertz CT molecular complexity index is 793. The molecule has 1 heterocycles. The highest BCUT2D eigenvalue weighted by Gasteiger charge is 2.16. The number of hydrogen-bond acceptors (Lipinski definition) is 4. The zero-order chi connectivity index (χ0) is 18.4. The van der Waals surface area contributed by atoms with E-state index in [1.807, 2.05) is 31.2 Å². The maximum Gasteiger partial charge on any atom is 0.267 e. The van der Waals surface area contributed by atoms with Gasteiger partial charge in [-0.25, -0.2) is 4.68 Å². The fourth-order valence-corrected chi connectivity index (χ4v) is 3.26. The van der Waals surface area contributed by atoms with Crippen LogP contribution in [-0.4, -0.2) is 28.3 Å². The van der Waals surface area contributed by atoms with Gasteiger partial charge in [-0.2, -0.15) is 5.10 Å². The molecular weight excluding hydrogens is 330 g/mol. The van der Waals surface area contributed by atoms with E-state index in [1.165, 1.54) is 17.2 Å². The number of nitrogens with one attached hydrogen (secondary N) is 1. The zero-order valence-corrected chi connectivity index (χ0v) is 15.1. The summed E-state index contributed by atoms with van der Waals surface area (Å²) in [6.45, 7) is 2.49. The average molecular weight is 355 g/mol. The second kappa shape index (κ2) is 8.65. The van der Waals surface area contributed by atoms with Crippen molar-refractivity contribution in [1.29, 1.82) is 0 Å². The molecule has 0 saturated heterocycles. The third-order valence-electron chi connectivity index (χ3n) is 4.59. The van der Waals surface area contributed by atoms with Crippen molar-refractivity contribution in [3.05, 3.63) is 46.8 Å². The van der Waals surface area contributed by atoms with Crippen molar-refractivity contribution in [3.8, 4) is 17.0 Å². The van der Waals surface area contributed by atoms with Gasteiger partial charge in [0.05, 0.1) is 12.3 Å². The summed E-state index contributed by atoms with van der Waals surface area (Å²) in [4.78, 5) is 24.3. The Balaban J connectivity index is 1.70. The van der Waals surface area contributed by atoms with Crippen LogP contribution in [0.15, 0.2) is 41.2 Å². The minimum Gasteiger partial charge on any atom is -0.494 e. The third-order valence-corrected chi connectivity index (χ3v) is 4.59. The largest absolute Gasteiger partial charge is 0.494 e. The molecule has 2 aromatic rings. The molecule has 0 unspecified atom stereocenters. The lowest BCUT2D eigenvalue weighted by Gasteiger charge is -2.22. The summed E-state index contributed by atoms with van der Waals surface area (Å²) in [6.07, 6.45) is 5.56. The molecule has 1 fully saturated rings. The standard InChI is InChI=1S/C20H25N3O3/c1-2-26-17-10-8-15(9-11-17)18-12-13-20(25)23(22-18)14-19(24)21-16-6-4-3-5-7-16/h8-13,16H,2-7,14H2,1H3,(H,21,24). The predicted octanol–water partition coefficient (Wildman–Crippen LogP) is 2.76. The van der Waals surface area contributed by atoms with Gasteiger partial charge in [0.1, 0.15) is 12.3 Å². The first kappa shape index (κ1) is 18.2. The van der Waals surface area contributed by atoms with E-state index in [0.717, 1.165) is 37.0 Å². The van der Waals surface area contributed by atoms with Crippen LogP contribution in [-0.2, 0) is 11.3 Å². The fraction of sp³-hybridized carbons (Fsp3) is 0.450. The second-order valence-electron chi connectivity index (χ2n) is 6.57. The van der Waals surface area contributed by atoms with Gasteiger partial charge in [0.15, 0.2) is 0 Å². The van der Waals surface area contributed by atoms with E-state index in [9.17, 15) is 9.59 Å². The molecule has 6 heteroatoms. The summed E-state index contributed by atoms with van der Waals surface area (Å²) < 4.78 is 6.66. The highest BCUT2D eigenvalue weighted by molar-refractivity contribution is 5.76. The van der Waals surface area contributed by atoms with Crippen molar-refractivity contribution in [2.75, 3.05) is 6.61 Å². The van der Waals surface area contributed by atoms with E-state index in [0.29, 0.717) is 12.3 Å². The number of carbonyl (C=O) groups excluding carboxylic acids is 1. The van der Waals surface area contributed by atoms with Gasteiger partial charge >= 0.3 is 0 Å². The van der Waals surface area contributed by atoms with Gasteiger partial charge in [-0.1, -0.05) is 19.3 Å². The number of rotatable bonds is 6. The average Bonchev–Trinajstić information content (AvgIpc) is 2.65. The zero-order valence-electron chi connectivity index (χ0n) is 15.1. The van der Waals surface area contributed by atoms with Gasteiger partial charge < -0.3 is 10.1 Å². The lowest BCUT2D eigenvalue weighted by Crippen LogP contribution is -2.40. The fourth-order valence-electron chi connectivity index (χ4n) is 3.26. The first-order chi connectivity index (χ1) is 12.7. The Labute approximate surface area is 153 Å². The van der Waals surface area contributed by atoms with Crippen molar-refractivity contribution in [2.24, 2.45) is 0 Å². The smallest absolute Gasteiger partial charge is 0.267 e. The van der Waals surface area contributed by atoms with Crippen molar-refractivity contribution < 1.29 is 9.53 Å². The van der Waals surface area contributed by atoms with E-state index in [1.54, 1.807) is 6.07 Å². The summed E-state index contributed by atoms with van der Waals surface area (Å²) in [6, 6.07) is 10.9. The quantitative estimate of drug-likeness (QED) is 0.865. The van der Waals surface area contributed by atoms with Crippen molar-refractivity contribution in [2.45, 2.75) is 51.6 Å². The lowest BCUT2D eigenvalue weighted by atomic mass is 9.95. The summed E-state index contributed by atoms with van der Waals surface area (Å²) >= 11 is 0. The topological polar surface area (TPSA) is 73.2 Å². The van der Waals surface area contributed by atoms with Gasteiger partial charge in [-0.15, -0.1) is 0 Å². The van der Waals surface area contributed by atoms with E-state index in [2.05, 4.69) is 10.4 Å². The normalized spacial score (nSPS) is 14.8. The SMILES string of the molecule is CCOc1ccc(-c2ccc(=O)n(CC(=O)NC3CCCCC3)n2)cc1. The highest BCUT2D eigenvalue weighted by atomic mass is 16.5. The van der Waals surface area contributed by atoms with E-state index < -0.39 is 0 Å². The Kier molecular flexibility index (Phi) is 6.04. The van der Waals surface area contributed by atoms with Crippen LogP contribution in [0, 0.1) is 0 Å². The van der Waals surface area contributed by atoms with Crippen molar-refractivity contribution in [3.63, 3.8) is 0 Å². The van der Waals surface area contributed by atoms with Crippen LogP contribution in [0.2, 0.25) is 0 Å². The van der Waals surface area contributed by atoms with Crippen LogP contribution in [0.4, 0.5) is 0 Å². The molecule has 26 heavy (non-hydrogen) atoms. The van der Waals surface area contributed by atoms with Crippen LogP contribution in [0.3, 0.4) is 0 Å². The highest BCUT2D eigenvalue weighted by Crippen LogP contribution is 2.20. The van der Waals surface area contributed by atoms with Gasteiger partial charge in [-0.3, -0.25) is 9.59 Å². The number of hydrogen-bond donors (Lipinski definition) is 1. The van der Waals surface area contributed by atoms with Crippen LogP contribution in [0.1, 0.15) is 39.0 Å². The van der Waals surface area contributed by atoms with Gasteiger partial charge in [0.25, 0.3) is 5.56 Å². The maximum absolute atomic E-state index is 12.3. The first-order valence-corrected chi connectivity index (χ1v) is 9.26. The summed E-state index contributed by atoms with van der Waals surface area (Å²) in [5.41, 5.74) is 1.24. The maximum atomic E-state index is 12.3. The monoisotopic (exact) mass is 355 g/mol. The molecule has 3 rings (SSSR count). The van der Waals surface area contributed by atoms with E-state index in [-0.39, 0.29) is 24.1 Å². The van der Waals surface area contributed by atoms with Crippen LogP contribution in [0.5, 0.6) is 5.75 Å². The molecule has 1 aromatic heterocycles. The molecule has 1 saturated carbocycles. The number of nitrogens with zero attached hydrogens (tertiary/aromatic N) is 2. The molecule has 6 nitrogen and oxygen atoms in total. The van der Waals surface area contributed by atoms with Gasteiger partial charge in [0, 0.05) is 17.7 Å². The summed E-state index contributed by atoms with van der Waals surface area (Å²) in [5.74, 6) is 0.631. The van der Waals surface area contributed by atoms with E-state index >= 15 is 0 Å². The number of aromatic nitrogens is 2. The van der Waals surface area contributed by atoms with Crippen LogP contribution < -0.4 is 15.6 Å². The minimum atomic E-state index is -0.279. The van der Waals surface area contributed by atoms with Crippen molar-refractivity contribution in [1.82, 2.24) is 15.1 Å². The number of amides is 1. The van der Waals surface area contributed by atoms with Gasteiger partial charge in [-0.05, 0) is 50.1 Å². The lowest BCUT2D eigenvalue weighted by molar-refractivity contribution is -0.122. The minimum absolute atomic E-state index is 0.0554. The Hall–Kier alpha value is -2.63. The molecule has 0 atom stereocenters. The molecule has 1 amide bonds. The molecule has 138 valence electrons. The van der Waals surface area contributed by atoms with Crippen LogP contribution >= 0.6 is 0 Å². The number of carbonyl (C=O) groups is 1. The molecule has 1 aromatic carbocycles.